The first-order valence-electron chi connectivity index (χ1n) is 16.1. The van der Waals surface area contributed by atoms with Crippen molar-refractivity contribution in [3.05, 3.63) is 168 Å². The highest BCUT2D eigenvalue weighted by Gasteiger charge is 2.22. The minimum absolute atomic E-state index is 0.0211. The minimum Gasteiger partial charge on any atom is -0.354 e. The maximum absolute atomic E-state index is 14.2. The normalized spacial score (nSPS) is 11.6. The van der Waals surface area contributed by atoms with Crippen LogP contribution in [0.1, 0.15) is 5.56 Å². The molecule has 0 amide bonds. The SMILES string of the molecule is N#Cc1c(-c2ccc(F)cc2F)[nH]c2ccc(S(=O)(=O)c3ccccc3)cc12.O=S(=O)(c1ccccc1)c1ccc2[nH]c(-c3ccc(F)cc3F)cc2c1. The zero-order valence-corrected chi connectivity index (χ0v) is 29.3. The van der Waals surface area contributed by atoms with Crippen molar-refractivity contribution in [1.29, 1.82) is 5.26 Å². The molecule has 8 aromatic rings. The third-order valence-electron chi connectivity index (χ3n) is 8.62. The van der Waals surface area contributed by atoms with Gasteiger partial charge in [-0.05, 0) is 91.0 Å². The minimum atomic E-state index is -3.77. The van der Waals surface area contributed by atoms with Gasteiger partial charge in [0.05, 0.1) is 30.8 Å². The lowest BCUT2D eigenvalue weighted by atomic mass is 10.1. The number of aromatic nitrogens is 2. The highest BCUT2D eigenvalue weighted by Crippen LogP contribution is 2.34. The van der Waals surface area contributed by atoms with Crippen LogP contribution in [0.2, 0.25) is 0 Å². The van der Waals surface area contributed by atoms with Crippen molar-refractivity contribution in [2.24, 2.45) is 0 Å². The van der Waals surface area contributed by atoms with E-state index in [0.717, 1.165) is 18.2 Å². The van der Waals surface area contributed by atoms with Crippen LogP contribution in [0.25, 0.3) is 44.3 Å². The first kappa shape index (κ1) is 35.9. The van der Waals surface area contributed by atoms with Gasteiger partial charge in [0.25, 0.3) is 0 Å². The summed E-state index contributed by atoms with van der Waals surface area (Å²) in [5.41, 5.74) is 2.09. The number of benzene rings is 6. The van der Waals surface area contributed by atoms with Crippen LogP contribution in [0.4, 0.5) is 17.6 Å². The fourth-order valence-electron chi connectivity index (χ4n) is 5.95. The number of rotatable bonds is 6. The molecule has 6 aromatic carbocycles. The lowest BCUT2D eigenvalue weighted by Gasteiger charge is -2.04. The third-order valence-corrected chi connectivity index (χ3v) is 12.2. The van der Waals surface area contributed by atoms with Gasteiger partial charge in [-0.1, -0.05) is 36.4 Å². The Labute approximate surface area is 306 Å². The van der Waals surface area contributed by atoms with Gasteiger partial charge in [-0.3, -0.25) is 0 Å². The summed E-state index contributed by atoms with van der Waals surface area (Å²) in [7, 11) is -7.41. The van der Waals surface area contributed by atoms with Crippen LogP contribution >= 0.6 is 0 Å². The summed E-state index contributed by atoms with van der Waals surface area (Å²) < 4.78 is 106. The summed E-state index contributed by atoms with van der Waals surface area (Å²) in [4.78, 5) is 6.48. The lowest BCUT2D eigenvalue weighted by molar-refractivity contribution is 0.584. The van der Waals surface area contributed by atoms with E-state index in [1.54, 1.807) is 54.6 Å². The third kappa shape index (κ3) is 6.76. The summed E-state index contributed by atoms with van der Waals surface area (Å²) in [6.45, 7) is 0. The highest BCUT2D eigenvalue weighted by atomic mass is 32.2. The summed E-state index contributed by atoms with van der Waals surface area (Å²) >= 11 is 0. The zero-order chi connectivity index (χ0) is 38.2. The molecule has 0 aliphatic rings. The number of halogens is 4. The van der Waals surface area contributed by atoms with Crippen molar-refractivity contribution in [3.8, 4) is 28.6 Å². The quantitative estimate of drug-likeness (QED) is 0.163. The second-order valence-corrected chi connectivity index (χ2v) is 15.9. The van der Waals surface area contributed by atoms with E-state index < -0.39 is 42.9 Å². The molecule has 0 radical (unpaired) electrons. The van der Waals surface area contributed by atoms with Crippen LogP contribution in [0.5, 0.6) is 0 Å². The molecule has 54 heavy (non-hydrogen) atoms. The predicted molar refractivity (Wildman–Crippen MR) is 196 cm³/mol. The van der Waals surface area contributed by atoms with E-state index >= 15 is 0 Å². The predicted octanol–water partition coefficient (Wildman–Crippen LogP) is 9.76. The zero-order valence-electron chi connectivity index (χ0n) is 27.7. The molecule has 0 atom stereocenters. The van der Waals surface area contributed by atoms with E-state index in [4.69, 9.17) is 0 Å². The molecule has 2 aromatic heterocycles. The Bertz CT molecular complexity index is 2980. The van der Waals surface area contributed by atoms with Gasteiger partial charge in [0, 0.05) is 50.8 Å². The summed E-state index contributed by atoms with van der Waals surface area (Å²) in [5.74, 6) is -2.89. The van der Waals surface area contributed by atoms with Gasteiger partial charge >= 0.3 is 0 Å². The Kier molecular flexibility index (Phi) is 9.41. The number of hydrogen-bond donors (Lipinski definition) is 2. The van der Waals surface area contributed by atoms with Gasteiger partial charge in [0.1, 0.15) is 29.3 Å². The van der Waals surface area contributed by atoms with Crippen molar-refractivity contribution in [3.63, 3.8) is 0 Å². The topological polar surface area (TPSA) is 124 Å². The van der Waals surface area contributed by atoms with E-state index in [2.05, 4.69) is 9.97 Å². The van der Waals surface area contributed by atoms with Crippen LogP contribution in [0, 0.1) is 34.6 Å². The molecule has 0 aliphatic heterocycles. The van der Waals surface area contributed by atoms with Gasteiger partial charge < -0.3 is 9.97 Å². The Morgan fingerprint density at radius 2 is 1.02 bits per heavy atom. The van der Waals surface area contributed by atoms with Crippen molar-refractivity contribution >= 4 is 41.5 Å². The average molecular weight is 764 g/mol. The molecular weight excluding hydrogens is 739 g/mol. The Morgan fingerprint density at radius 1 is 0.500 bits per heavy atom. The van der Waals surface area contributed by atoms with Gasteiger partial charge in [-0.25, -0.2) is 34.4 Å². The van der Waals surface area contributed by atoms with Gasteiger partial charge in [-0.15, -0.1) is 0 Å². The fourth-order valence-corrected chi connectivity index (χ4v) is 8.58. The maximum Gasteiger partial charge on any atom is 0.206 e. The fraction of sp³-hybridized carbons (Fsp3) is 0. The Balaban J connectivity index is 0.000000167. The number of nitriles is 1. The summed E-state index contributed by atoms with van der Waals surface area (Å²) in [6, 6.07) is 35.1. The molecule has 8 rings (SSSR count). The summed E-state index contributed by atoms with van der Waals surface area (Å²) in [5, 5.41) is 10.6. The second kappa shape index (κ2) is 14.1. The van der Waals surface area contributed by atoms with Crippen LogP contribution in [0.15, 0.2) is 159 Å². The maximum atomic E-state index is 14.2. The number of fused-ring (bicyclic) bond motifs is 2. The molecule has 2 heterocycles. The molecule has 0 aliphatic carbocycles. The molecule has 2 N–H and O–H groups in total. The van der Waals surface area contributed by atoms with Gasteiger partial charge in [-0.2, -0.15) is 5.26 Å². The van der Waals surface area contributed by atoms with Crippen LogP contribution in [-0.2, 0) is 19.7 Å². The molecule has 0 unspecified atom stereocenters. The number of aromatic amines is 2. The average Bonchev–Trinajstić information content (AvgIpc) is 3.76. The van der Waals surface area contributed by atoms with E-state index in [1.165, 1.54) is 66.7 Å². The molecule has 0 fully saturated rings. The summed E-state index contributed by atoms with van der Waals surface area (Å²) in [6.07, 6.45) is 0. The van der Waals surface area contributed by atoms with Crippen LogP contribution in [-0.4, -0.2) is 26.8 Å². The van der Waals surface area contributed by atoms with Crippen molar-refractivity contribution in [1.82, 2.24) is 9.97 Å². The van der Waals surface area contributed by atoms with Gasteiger partial charge in [0.2, 0.25) is 19.7 Å². The molecule has 0 spiro atoms. The van der Waals surface area contributed by atoms with Crippen molar-refractivity contribution < 1.29 is 34.4 Å². The monoisotopic (exact) mass is 763 g/mol. The smallest absolute Gasteiger partial charge is 0.206 e. The highest BCUT2D eigenvalue weighted by molar-refractivity contribution is 7.91. The standard InChI is InChI=1S/C21H12F2N2O2S.C20H13F2NO2S/c22-13-6-8-16(19(23)10-13)21-18(12-24)17-11-15(7-9-20(17)25-21)28(26,27)14-4-2-1-3-5-14;21-14-6-8-17(18(22)12-14)20-11-13-10-16(7-9-19(13)23-20)26(24,25)15-4-2-1-3-5-15/h1-11,25H;1-12,23H. The molecule has 268 valence electrons. The molecule has 7 nitrogen and oxygen atoms in total. The first-order valence-corrected chi connectivity index (χ1v) is 19.0. The number of nitrogens with one attached hydrogen (secondary N) is 2. The first-order chi connectivity index (χ1) is 25.9. The van der Waals surface area contributed by atoms with Crippen LogP contribution < -0.4 is 0 Å². The van der Waals surface area contributed by atoms with Crippen LogP contribution in [0.3, 0.4) is 0 Å². The van der Waals surface area contributed by atoms with E-state index in [1.807, 2.05) is 6.07 Å². The number of nitrogens with zero attached hydrogens (tertiary/aromatic N) is 1. The molecule has 0 bridgehead atoms. The molecular formula is C41H25F4N3O4S2. The van der Waals surface area contributed by atoms with E-state index in [9.17, 15) is 39.7 Å². The van der Waals surface area contributed by atoms with Crippen molar-refractivity contribution in [2.45, 2.75) is 19.6 Å². The number of hydrogen-bond acceptors (Lipinski definition) is 5. The molecule has 13 heteroatoms. The molecule has 0 saturated heterocycles. The molecule has 0 saturated carbocycles. The number of H-pyrrole nitrogens is 2. The van der Waals surface area contributed by atoms with E-state index in [0.29, 0.717) is 27.5 Å². The largest absolute Gasteiger partial charge is 0.354 e. The Morgan fingerprint density at radius 3 is 1.56 bits per heavy atom. The Hall–Kier alpha value is -6.49. The lowest BCUT2D eigenvalue weighted by Crippen LogP contribution is -2.01. The number of sulfone groups is 2. The second-order valence-electron chi connectivity index (χ2n) is 12.0. The van der Waals surface area contributed by atoms with Crippen molar-refractivity contribution in [2.75, 3.05) is 0 Å². The van der Waals surface area contributed by atoms with E-state index in [-0.39, 0.29) is 42.0 Å². The van der Waals surface area contributed by atoms with Gasteiger partial charge in [0.15, 0.2) is 0 Å².